The van der Waals surface area contributed by atoms with Gasteiger partial charge in [-0.15, -0.1) is 0 Å². The fourth-order valence-electron chi connectivity index (χ4n) is 3.06. The summed E-state index contributed by atoms with van der Waals surface area (Å²) in [5.74, 6) is 1.90. The molecule has 2 heterocycles. The van der Waals surface area contributed by atoms with Crippen LogP contribution in [-0.2, 0) is 0 Å². The van der Waals surface area contributed by atoms with Crippen LogP contribution in [0.2, 0.25) is 0 Å². The van der Waals surface area contributed by atoms with Crippen molar-refractivity contribution >= 4 is 10.8 Å². The van der Waals surface area contributed by atoms with Gasteiger partial charge >= 0.3 is 0 Å². The molecule has 3 aromatic rings. The molecule has 0 radical (unpaired) electrons. The fraction of sp³-hybridized carbons (Fsp3) is 0.294. The predicted molar refractivity (Wildman–Crippen MR) is 81.8 cm³/mol. The molecule has 1 aromatic heterocycles. The van der Waals surface area contributed by atoms with Gasteiger partial charge in [-0.25, -0.2) is 0 Å². The second-order valence-corrected chi connectivity index (χ2v) is 5.68. The first-order valence-electron chi connectivity index (χ1n) is 7.38. The van der Waals surface area contributed by atoms with Gasteiger partial charge in [-0.3, -0.25) is 0 Å². The van der Waals surface area contributed by atoms with Crippen molar-refractivity contribution in [3.05, 3.63) is 48.4 Å². The topological polar surface area (TPSA) is 51.0 Å². The van der Waals surface area contributed by atoms with Gasteiger partial charge in [0.25, 0.3) is 0 Å². The minimum Gasteiger partial charge on any atom is -0.337 e. The molecule has 1 aliphatic heterocycles. The van der Waals surface area contributed by atoms with Crippen LogP contribution in [0.3, 0.4) is 0 Å². The molecule has 0 spiro atoms. The van der Waals surface area contributed by atoms with Gasteiger partial charge in [0.15, 0.2) is 0 Å². The molecule has 1 N–H and O–H groups in total. The Balaban J connectivity index is 1.78. The Labute approximate surface area is 123 Å². The molecule has 1 fully saturated rings. The summed E-state index contributed by atoms with van der Waals surface area (Å²) in [6, 6.07) is 14.6. The number of fused-ring (bicyclic) bond motifs is 1. The highest BCUT2D eigenvalue weighted by atomic mass is 16.5. The maximum atomic E-state index is 5.50. The van der Waals surface area contributed by atoms with Crippen LogP contribution >= 0.6 is 0 Å². The highest BCUT2D eigenvalue weighted by Crippen LogP contribution is 2.31. The van der Waals surface area contributed by atoms with Crippen LogP contribution in [-0.4, -0.2) is 16.7 Å². The summed E-state index contributed by atoms with van der Waals surface area (Å²) in [6.07, 6.45) is 1.15. The Morgan fingerprint density at radius 2 is 2.00 bits per heavy atom. The van der Waals surface area contributed by atoms with Gasteiger partial charge in [-0.05, 0) is 29.7 Å². The highest BCUT2D eigenvalue weighted by Gasteiger charge is 2.29. The molecule has 106 valence electrons. The van der Waals surface area contributed by atoms with Crippen LogP contribution in [0.4, 0.5) is 0 Å². The maximum absolute atomic E-state index is 5.50. The molecule has 1 aliphatic rings. The molecule has 1 saturated heterocycles. The molecular formula is C17H17N3O. The Bertz CT molecular complexity index is 775. The molecule has 2 atom stereocenters. The van der Waals surface area contributed by atoms with Crippen molar-refractivity contribution in [2.24, 2.45) is 5.92 Å². The summed E-state index contributed by atoms with van der Waals surface area (Å²) in [5, 5.41) is 9.96. The van der Waals surface area contributed by atoms with Gasteiger partial charge in [0.05, 0.1) is 6.04 Å². The highest BCUT2D eigenvalue weighted by molar-refractivity contribution is 5.94. The summed E-state index contributed by atoms with van der Waals surface area (Å²) in [6.45, 7) is 3.23. The van der Waals surface area contributed by atoms with E-state index in [-0.39, 0.29) is 6.04 Å². The van der Waals surface area contributed by atoms with Crippen molar-refractivity contribution in [1.82, 2.24) is 15.5 Å². The number of nitrogens with zero attached hydrogens (tertiary/aromatic N) is 2. The van der Waals surface area contributed by atoms with Gasteiger partial charge in [-0.1, -0.05) is 54.5 Å². The number of aromatic nitrogens is 2. The largest absolute Gasteiger partial charge is 0.337 e. The third kappa shape index (κ3) is 2.12. The molecule has 4 heteroatoms. The average Bonchev–Trinajstić information content (AvgIpc) is 3.15. The first-order valence-corrected chi connectivity index (χ1v) is 7.38. The first kappa shape index (κ1) is 12.5. The average molecular weight is 279 g/mol. The van der Waals surface area contributed by atoms with Crippen molar-refractivity contribution in [3.8, 4) is 11.4 Å². The summed E-state index contributed by atoms with van der Waals surface area (Å²) in [5.41, 5.74) is 1.02. The summed E-state index contributed by atoms with van der Waals surface area (Å²) in [4.78, 5) is 4.62. The number of nitrogens with one attached hydrogen (secondary N) is 1. The molecule has 0 saturated carbocycles. The minimum atomic E-state index is 0.182. The monoisotopic (exact) mass is 279 g/mol. The van der Waals surface area contributed by atoms with E-state index in [9.17, 15) is 0 Å². The van der Waals surface area contributed by atoms with E-state index in [2.05, 4.69) is 40.6 Å². The SMILES string of the molecule is CC1CCNC1c1nc(-c2cccc3ccccc23)no1. The number of hydrogen-bond acceptors (Lipinski definition) is 4. The van der Waals surface area contributed by atoms with Gasteiger partial charge < -0.3 is 9.84 Å². The molecular weight excluding hydrogens is 262 g/mol. The molecule has 4 rings (SSSR count). The Morgan fingerprint density at radius 3 is 2.86 bits per heavy atom. The Hall–Kier alpha value is -2.20. The van der Waals surface area contributed by atoms with Crippen molar-refractivity contribution in [3.63, 3.8) is 0 Å². The molecule has 2 unspecified atom stereocenters. The second-order valence-electron chi connectivity index (χ2n) is 5.68. The van der Waals surface area contributed by atoms with Gasteiger partial charge in [0.2, 0.25) is 11.7 Å². The number of rotatable bonds is 2. The normalized spacial score (nSPS) is 22.0. The number of hydrogen-bond donors (Lipinski definition) is 1. The van der Waals surface area contributed by atoms with Crippen LogP contribution in [0.1, 0.15) is 25.3 Å². The van der Waals surface area contributed by atoms with Crippen molar-refractivity contribution in [2.45, 2.75) is 19.4 Å². The lowest BCUT2D eigenvalue weighted by Crippen LogP contribution is -2.16. The van der Waals surface area contributed by atoms with E-state index >= 15 is 0 Å². The van der Waals surface area contributed by atoms with E-state index in [0.29, 0.717) is 17.6 Å². The second kappa shape index (κ2) is 4.97. The number of benzene rings is 2. The van der Waals surface area contributed by atoms with Crippen LogP contribution in [0.15, 0.2) is 47.0 Å². The zero-order chi connectivity index (χ0) is 14.2. The van der Waals surface area contributed by atoms with E-state index in [1.807, 2.05) is 24.3 Å². The van der Waals surface area contributed by atoms with Crippen LogP contribution in [0.25, 0.3) is 22.2 Å². The van der Waals surface area contributed by atoms with Crippen molar-refractivity contribution in [2.75, 3.05) is 6.54 Å². The van der Waals surface area contributed by atoms with Gasteiger partial charge in [0.1, 0.15) is 0 Å². The molecule has 0 bridgehead atoms. The van der Waals surface area contributed by atoms with Crippen LogP contribution < -0.4 is 5.32 Å². The zero-order valence-corrected chi connectivity index (χ0v) is 11.9. The van der Waals surface area contributed by atoms with Crippen LogP contribution in [0, 0.1) is 5.92 Å². The lowest BCUT2D eigenvalue weighted by Gasteiger charge is -2.09. The molecule has 21 heavy (non-hydrogen) atoms. The summed E-state index contributed by atoms with van der Waals surface area (Å²) >= 11 is 0. The van der Waals surface area contributed by atoms with Gasteiger partial charge in [-0.2, -0.15) is 4.98 Å². The third-order valence-electron chi connectivity index (χ3n) is 4.27. The van der Waals surface area contributed by atoms with Crippen molar-refractivity contribution in [1.29, 1.82) is 0 Å². The standard InChI is InChI=1S/C17H17N3O/c1-11-9-10-18-15(11)17-19-16(20-21-17)14-8-4-6-12-5-2-3-7-13(12)14/h2-8,11,15,18H,9-10H2,1H3. The summed E-state index contributed by atoms with van der Waals surface area (Å²) < 4.78 is 5.50. The maximum Gasteiger partial charge on any atom is 0.244 e. The van der Waals surface area contributed by atoms with Crippen LogP contribution in [0.5, 0.6) is 0 Å². The molecule has 2 aromatic carbocycles. The quantitative estimate of drug-likeness (QED) is 0.779. The molecule has 0 amide bonds. The van der Waals surface area contributed by atoms with Gasteiger partial charge in [0, 0.05) is 5.56 Å². The lowest BCUT2D eigenvalue weighted by molar-refractivity contribution is 0.319. The molecule has 0 aliphatic carbocycles. The van der Waals surface area contributed by atoms with E-state index in [4.69, 9.17) is 4.52 Å². The third-order valence-corrected chi connectivity index (χ3v) is 4.27. The Kier molecular flexibility index (Phi) is 2.97. The van der Waals surface area contributed by atoms with Crippen molar-refractivity contribution < 1.29 is 4.52 Å². The van der Waals surface area contributed by atoms with E-state index < -0.39 is 0 Å². The predicted octanol–water partition coefficient (Wildman–Crippen LogP) is 3.56. The molecule has 4 nitrogen and oxygen atoms in total. The minimum absolute atomic E-state index is 0.182. The van der Waals surface area contributed by atoms with E-state index in [0.717, 1.165) is 23.9 Å². The first-order chi connectivity index (χ1) is 10.3. The van der Waals surface area contributed by atoms with E-state index in [1.54, 1.807) is 0 Å². The zero-order valence-electron chi connectivity index (χ0n) is 11.9. The summed E-state index contributed by atoms with van der Waals surface area (Å²) in [7, 11) is 0. The Morgan fingerprint density at radius 1 is 1.14 bits per heavy atom. The smallest absolute Gasteiger partial charge is 0.244 e. The lowest BCUT2D eigenvalue weighted by atomic mass is 10.0. The fourth-order valence-corrected chi connectivity index (χ4v) is 3.06. The van der Waals surface area contributed by atoms with E-state index in [1.165, 1.54) is 5.39 Å².